The van der Waals surface area contributed by atoms with Crippen molar-refractivity contribution in [3.8, 4) is 22.6 Å². The summed E-state index contributed by atoms with van der Waals surface area (Å²) in [7, 11) is 0. The third-order valence-electron chi connectivity index (χ3n) is 6.99. The zero-order chi connectivity index (χ0) is 23.6. The van der Waals surface area contributed by atoms with E-state index in [1.165, 1.54) is 11.1 Å². The average Bonchev–Trinajstić information content (AvgIpc) is 3.35. The van der Waals surface area contributed by atoms with Gasteiger partial charge in [0.2, 0.25) is 0 Å². The summed E-state index contributed by atoms with van der Waals surface area (Å²) >= 11 is 0. The Bertz CT molecular complexity index is 1370. The lowest BCUT2D eigenvalue weighted by atomic mass is 9.92. The summed E-state index contributed by atoms with van der Waals surface area (Å²) in [5, 5.41) is 4.33. The molecule has 2 N–H and O–H groups in total. The fourth-order valence-corrected chi connectivity index (χ4v) is 5.07. The van der Waals surface area contributed by atoms with E-state index in [4.69, 9.17) is 9.47 Å². The smallest absolute Gasteiger partial charge is 0.142 e. The molecule has 2 aliphatic heterocycles. The van der Waals surface area contributed by atoms with Gasteiger partial charge in [0.25, 0.3) is 0 Å². The van der Waals surface area contributed by atoms with E-state index in [-0.39, 0.29) is 11.7 Å². The van der Waals surface area contributed by atoms with Crippen LogP contribution in [-0.4, -0.2) is 40.5 Å². The second-order valence-electron chi connectivity index (χ2n) is 9.26. The van der Waals surface area contributed by atoms with Gasteiger partial charge in [-0.2, -0.15) is 0 Å². The monoisotopic (exact) mass is 468 g/mol. The minimum atomic E-state index is 0.0679. The Morgan fingerprint density at radius 1 is 1.06 bits per heavy atom. The first-order valence-electron chi connectivity index (χ1n) is 12.3. The van der Waals surface area contributed by atoms with Crippen LogP contribution in [0.4, 0.5) is 0 Å². The van der Waals surface area contributed by atoms with E-state index in [0.29, 0.717) is 19.6 Å². The molecule has 0 atom stereocenters. The Balaban J connectivity index is 1.30. The van der Waals surface area contributed by atoms with Crippen molar-refractivity contribution in [2.75, 3.05) is 19.8 Å². The number of hydrogen-bond acceptors (Lipinski definition) is 6. The highest BCUT2D eigenvalue weighted by Gasteiger charge is 2.22. The maximum atomic E-state index is 12.8. The van der Waals surface area contributed by atoms with Crippen molar-refractivity contribution >= 4 is 16.8 Å². The standard InChI is InChI=1S/C28H28N4O3/c33-25(19-6-11-34-12-7-19)15-22-13-20(4-9-30-22)24-17-32-28-27(24)26(5-10-31-28)35-23-2-1-18-3-8-29-16-21(18)14-23/h1-2,4-5,9-10,13-14,17,19,29H,3,6-8,11-12,15-16H2,(H,31,32). The number of H-pyrrole nitrogens is 1. The number of carbonyl (C=O) groups excluding carboxylic acids is 1. The zero-order valence-electron chi connectivity index (χ0n) is 19.5. The lowest BCUT2D eigenvalue weighted by Crippen LogP contribution is -2.25. The average molecular weight is 469 g/mol. The predicted octanol–water partition coefficient (Wildman–Crippen LogP) is 4.60. The van der Waals surface area contributed by atoms with Crippen molar-refractivity contribution in [2.24, 2.45) is 5.92 Å². The van der Waals surface area contributed by atoms with Crippen molar-refractivity contribution in [3.05, 3.63) is 71.8 Å². The third kappa shape index (κ3) is 4.57. The van der Waals surface area contributed by atoms with Crippen molar-refractivity contribution in [2.45, 2.75) is 32.2 Å². The van der Waals surface area contributed by atoms with Gasteiger partial charge >= 0.3 is 0 Å². The number of hydrogen-bond donors (Lipinski definition) is 2. The number of ether oxygens (including phenoxy) is 2. The van der Waals surface area contributed by atoms with E-state index >= 15 is 0 Å². The molecule has 1 fully saturated rings. The Morgan fingerprint density at radius 3 is 2.86 bits per heavy atom. The van der Waals surface area contributed by atoms with Crippen LogP contribution in [0.25, 0.3) is 22.2 Å². The molecule has 0 amide bonds. The molecule has 7 nitrogen and oxygen atoms in total. The molecule has 0 unspecified atom stereocenters. The van der Waals surface area contributed by atoms with E-state index in [1.54, 1.807) is 12.4 Å². The number of Topliss-reactive ketones (excluding diaryl/α,β-unsaturated/α-hetero) is 1. The lowest BCUT2D eigenvalue weighted by Gasteiger charge is -2.20. The number of rotatable bonds is 6. The van der Waals surface area contributed by atoms with Crippen LogP contribution < -0.4 is 10.1 Å². The summed E-state index contributed by atoms with van der Waals surface area (Å²) in [4.78, 5) is 25.1. The number of aromatic nitrogens is 3. The van der Waals surface area contributed by atoms with E-state index in [2.05, 4.69) is 32.4 Å². The van der Waals surface area contributed by atoms with E-state index in [0.717, 1.165) is 71.7 Å². The van der Waals surface area contributed by atoms with Gasteiger partial charge in [0.1, 0.15) is 22.9 Å². The van der Waals surface area contributed by atoms with Crippen LogP contribution in [0.2, 0.25) is 0 Å². The summed E-state index contributed by atoms with van der Waals surface area (Å²) in [6.07, 6.45) is 8.44. The first-order valence-corrected chi connectivity index (χ1v) is 12.3. The summed E-state index contributed by atoms with van der Waals surface area (Å²) in [6.45, 7) is 3.20. The fraction of sp³-hybridized carbons (Fsp3) is 0.321. The highest BCUT2D eigenvalue weighted by Crippen LogP contribution is 2.37. The van der Waals surface area contributed by atoms with Gasteiger partial charge in [-0.1, -0.05) is 6.07 Å². The number of carbonyl (C=O) groups is 1. The van der Waals surface area contributed by atoms with Gasteiger partial charge in [-0.25, -0.2) is 4.98 Å². The molecule has 0 bridgehead atoms. The molecule has 0 radical (unpaired) electrons. The first kappa shape index (κ1) is 21.9. The Morgan fingerprint density at radius 2 is 1.94 bits per heavy atom. The highest BCUT2D eigenvalue weighted by molar-refractivity contribution is 5.98. The molecule has 1 saturated heterocycles. The fourth-order valence-electron chi connectivity index (χ4n) is 5.07. The molecule has 6 rings (SSSR count). The summed E-state index contributed by atoms with van der Waals surface area (Å²) in [5.74, 6) is 1.86. The van der Waals surface area contributed by atoms with E-state index in [1.807, 2.05) is 30.5 Å². The number of fused-ring (bicyclic) bond motifs is 2. The molecular weight excluding hydrogens is 440 g/mol. The Kier molecular flexibility index (Phi) is 6.02. The summed E-state index contributed by atoms with van der Waals surface area (Å²) in [5.41, 5.74) is 6.15. The molecule has 1 aromatic carbocycles. The zero-order valence-corrected chi connectivity index (χ0v) is 19.5. The number of nitrogens with one attached hydrogen (secondary N) is 2. The largest absolute Gasteiger partial charge is 0.457 e. The molecule has 4 aromatic rings. The van der Waals surface area contributed by atoms with E-state index in [9.17, 15) is 4.79 Å². The minimum absolute atomic E-state index is 0.0679. The van der Waals surface area contributed by atoms with Crippen LogP contribution >= 0.6 is 0 Å². The molecular formula is C28H28N4O3. The molecule has 0 spiro atoms. The maximum Gasteiger partial charge on any atom is 0.142 e. The van der Waals surface area contributed by atoms with Gasteiger partial charge in [-0.3, -0.25) is 9.78 Å². The van der Waals surface area contributed by atoms with Crippen molar-refractivity contribution in [3.63, 3.8) is 0 Å². The van der Waals surface area contributed by atoms with Crippen molar-refractivity contribution < 1.29 is 14.3 Å². The van der Waals surface area contributed by atoms with Gasteiger partial charge in [-0.05, 0) is 72.8 Å². The maximum absolute atomic E-state index is 12.8. The highest BCUT2D eigenvalue weighted by atomic mass is 16.5. The summed E-state index contributed by atoms with van der Waals surface area (Å²) < 4.78 is 11.8. The van der Waals surface area contributed by atoms with Crippen molar-refractivity contribution in [1.29, 1.82) is 0 Å². The van der Waals surface area contributed by atoms with Crippen LogP contribution in [0, 0.1) is 5.92 Å². The molecule has 7 heteroatoms. The minimum Gasteiger partial charge on any atom is -0.457 e. The van der Waals surface area contributed by atoms with Crippen LogP contribution in [-0.2, 0) is 28.9 Å². The van der Waals surface area contributed by atoms with Crippen molar-refractivity contribution in [1.82, 2.24) is 20.3 Å². The topological polar surface area (TPSA) is 89.1 Å². The third-order valence-corrected chi connectivity index (χ3v) is 6.99. The first-order chi connectivity index (χ1) is 17.2. The lowest BCUT2D eigenvalue weighted by molar-refractivity contribution is -0.125. The van der Waals surface area contributed by atoms with Gasteiger partial charge in [0, 0.05) is 61.9 Å². The number of ketones is 1. The quantitative estimate of drug-likeness (QED) is 0.430. The van der Waals surface area contributed by atoms with Crippen LogP contribution in [0.5, 0.6) is 11.5 Å². The molecule has 0 aliphatic carbocycles. The predicted molar refractivity (Wildman–Crippen MR) is 134 cm³/mol. The Hall–Kier alpha value is -3.55. The second-order valence-corrected chi connectivity index (χ2v) is 9.26. The molecule has 2 aliphatic rings. The van der Waals surface area contributed by atoms with E-state index < -0.39 is 0 Å². The van der Waals surface area contributed by atoms with Crippen LogP contribution in [0.1, 0.15) is 29.7 Å². The normalized spacial score (nSPS) is 16.2. The van der Waals surface area contributed by atoms with Gasteiger partial charge in [0.05, 0.1) is 5.39 Å². The molecule has 3 aromatic heterocycles. The number of aromatic amines is 1. The Labute approximate surface area is 203 Å². The van der Waals surface area contributed by atoms with Crippen LogP contribution in [0.15, 0.2) is 55.0 Å². The number of nitrogens with zero attached hydrogens (tertiary/aromatic N) is 2. The van der Waals surface area contributed by atoms with Gasteiger partial charge in [0.15, 0.2) is 0 Å². The molecule has 35 heavy (non-hydrogen) atoms. The number of pyridine rings is 2. The molecule has 0 saturated carbocycles. The molecule has 178 valence electrons. The van der Waals surface area contributed by atoms with Gasteiger partial charge in [-0.15, -0.1) is 0 Å². The summed E-state index contributed by atoms with van der Waals surface area (Å²) in [6, 6.07) is 12.2. The second kappa shape index (κ2) is 9.60. The van der Waals surface area contributed by atoms with Gasteiger partial charge < -0.3 is 19.8 Å². The molecule has 5 heterocycles. The van der Waals surface area contributed by atoms with Crippen LogP contribution in [0.3, 0.4) is 0 Å². The number of benzene rings is 1. The SMILES string of the molecule is O=C(Cc1cc(-c2c[nH]c3nccc(Oc4ccc5c(c4)CNCC5)c23)ccn1)C1CCOCC1.